The van der Waals surface area contributed by atoms with E-state index in [9.17, 15) is 14.7 Å². The van der Waals surface area contributed by atoms with Crippen molar-refractivity contribution in [2.75, 3.05) is 19.7 Å². The number of benzene rings is 1. The van der Waals surface area contributed by atoms with Gasteiger partial charge in [-0.25, -0.2) is 4.79 Å². The van der Waals surface area contributed by atoms with Gasteiger partial charge < -0.3 is 25.8 Å². The number of carbonyl (C=O) groups excluding carboxylic acids is 2. The Balaban J connectivity index is 1.75. The van der Waals surface area contributed by atoms with Gasteiger partial charge in [-0.3, -0.25) is 4.79 Å². The van der Waals surface area contributed by atoms with Crippen LogP contribution in [-0.2, 0) is 16.0 Å². The van der Waals surface area contributed by atoms with Crippen molar-refractivity contribution in [1.82, 2.24) is 16.0 Å². The summed E-state index contributed by atoms with van der Waals surface area (Å²) in [6, 6.07) is 9.22. The lowest BCUT2D eigenvalue weighted by atomic mass is 10.0. The number of nitrogens with one attached hydrogen (secondary N) is 3. The van der Waals surface area contributed by atoms with E-state index in [-0.39, 0.29) is 25.0 Å². The van der Waals surface area contributed by atoms with E-state index in [1.807, 2.05) is 37.3 Å². The molecule has 1 aliphatic heterocycles. The summed E-state index contributed by atoms with van der Waals surface area (Å²) in [5.41, 5.74) is 1.17. The van der Waals surface area contributed by atoms with E-state index in [4.69, 9.17) is 4.74 Å². The molecule has 1 heterocycles. The summed E-state index contributed by atoms with van der Waals surface area (Å²) >= 11 is 0. The molecule has 1 aromatic rings. The van der Waals surface area contributed by atoms with E-state index >= 15 is 0 Å². The third kappa shape index (κ3) is 7.40. The van der Waals surface area contributed by atoms with Crippen molar-refractivity contribution >= 4 is 11.9 Å². The van der Waals surface area contributed by atoms with E-state index in [1.54, 1.807) is 12.2 Å². The van der Waals surface area contributed by atoms with Gasteiger partial charge in [-0.05, 0) is 18.4 Å². The first-order valence-electron chi connectivity index (χ1n) is 9.42. The predicted molar refractivity (Wildman–Crippen MR) is 103 cm³/mol. The number of carbonyl (C=O) groups is 2. The number of aliphatic hydroxyl groups excluding tert-OH is 1. The normalized spacial score (nSPS) is 21.5. The van der Waals surface area contributed by atoms with Crippen molar-refractivity contribution in [2.45, 2.75) is 44.4 Å². The van der Waals surface area contributed by atoms with Gasteiger partial charge in [-0.1, -0.05) is 49.4 Å². The maximum Gasteiger partial charge on any atom is 0.315 e. The fraction of sp³-hybridized carbons (Fsp3) is 0.500. The van der Waals surface area contributed by atoms with Crippen LogP contribution in [0.2, 0.25) is 0 Å². The van der Waals surface area contributed by atoms with Crippen molar-refractivity contribution < 1.29 is 19.4 Å². The van der Waals surface area contributed by atoms with Crippen LogP contribution in [0.15, 0.2) is 42.5 Å². The number of rotatable bonds is 9. The molecule has 0 spiro atoms. The molecule has 0 saturated carbocycles. The second-order valence-electron chi connectivity index (χ2n) is 6.50. The maximum absolute atomic E-state index is 12.1. The van der Waals surface area contributed by atoms with Gasteiger partial charge in [-0.2, -0.15) is 0 Å². The number of hydrogen-bond acceptors (Lipinski definition) is 4. The molecular formula is C20H29N3O4. The van der Waals surface area contributed by atoms with E-state index in [2.05, 4.69) is 16.0 Å². The van der Waals surface area contributed by atoms with Crippen molar-refractivity contribution in [3.63, 3.8) is 0 Å². The minimum Gasteiger partial charge on any atom is -0.394 e. The van der Waals surface area contributed by atoms with Crippen molar-refractivity contribution in [3.05, 3.63) is 48.0 Å². The highest BCUT2D eigenvalue weighted by Crippen LogP contribution is 2.15. The summed E-state index contributed by atoms with van der Waals surface area (Å²) in [6.07, 6.45) is 4.32. The number of amides is 3. The Bertz CT molecular complexity index is 621. The molecule has 1 aliphatic rings. The molecule has 0 aliphatic carbocycles. The molecule has 3 atom stereocenters. The van der Waals surface area contributed by atoms with Crippen LogP contribution < -0.4 is 16.0 Å². The first-order valence-corrected chi connectivity index (χ1v) is 9.42. The Kier molecular flexibility index (Phi) is 8.80. The molecule has 0 bridgehead atoms. The number of urea groups is 1. The Morgan fingerprint density at radius 1 is 1.11 bits per heavy atom. The zero-order valence-electron chi connectivity index (χ0n) is 15.7. The quantitative estimate of drug-likeness (QED) is 0.486. The molecule has 148 valence electrons. The smallest absolute Gasteiger partial charge is 0.315 e. The molecular weight excluding hydrogens is 346 g/mol. The second-order valence-corrected chi connectivity index (χ2v) is 6.50. The summed E-state index contributed by atoms with van der Waals surface area (Å²) in [5.74, 6) is -0.107. The van der Waals surface area contributed by atoms with E-state index in [0.29, 0.717) is 13.1 Å². The summed E-state index contributed by atoms with van der Waals surface area (Å²) in [6.45, 7) is 2.87. The Morgan fingerprint density at radius 3 is 2.59 bits per heavy atom. The van der Waals surface area contributed by atoms with Gasteiger partial charge in [-0.15, -0.1) is 0 Å². The fourth-order valence-electron chi connectivity index (χ4n) is 2.82. The Hall–Kier alpha value is -2.38. The molecule has 0 unspecified atom stereocenters. The molecule has 2 rings (SSSR count). The summed E-state index contributed by atoms with van der Waals surface area (Å²) in [7, 11) is 0. The average molecular weight is 375 g/mol. The van der Waals surface area contributed by atoms with Crippen LogP contribution in [0.3, 0.4) is 0 Å². The molecule has 7 heteroatoms. The van der Waals surface area contributed by atoms with Crippen LogP contribution in [0, 0.1) is 0 Å². The summed E-state index contributed by atoms with van der Waals surface area (Å²) < 4.78 is 5.75. The molecule has 7 nitrogen and oxygen atoms in total. The van der Waals surface area contributed by atoms with Gasteiger partial charge in [0.1, 0.15) is 6.10 Å². The lowest BCUT2D eigenvalue weighted by Gasteiger charge is -2.31. The third-order valence-corrected chi connectivity index (χ3v) is 4.26. The minimum absolute atomic E-state index is 0.107. The topological polar surface area (TPSA) is 99.7 Å². The van der Waals surface area contributed by atoms with Gasteiger partial charge in [0.15, 0.2) is 0 Å². The van der Waals surface area contributed by atoms with E-state index in [1.165, 1.54) is 5.56 Å². The predicted octanol–water partition coefficient (Wildman–Crippen LogP) is 1.13. The largest absolute Gasteiger partial charge is 0.394 e. The van der Waals surface area contributed by atoms with Gasteiger partial charge >= 0.3 is 6.03 Å². The molecule has 4 N–H and O–H groups in total. The lowest BCUT2D eigenvalue weighted by Crippen LogP contribution is -2.51. The molecule has 3 amide bonds. The lowest BCUT2D eigenvalue weighted by molar-refractivity contribution is -0.125. The van der Waals surface area contributed by atoms with E-state index in [0.717, 1.165) is 12.8 Å². The second kappa shape index (κ2) is 11.4. The van der Waals surface area contributed by atoms with Crippen molar-refractivity contribution in [2.24, 2.45) is 0 Å². The third-order valence-electron chi connectivity index (χ3n) is 4.26. The highest BCUT2D eigenvalue weighted by molar-refractivity contribution is 5.77. The van der Waals surface area contributed by atoms with Gasteiger partial charge in [0.2, 0.25) is 5.91 Å². The average Bonchev–Trinajstić information content (AvgIpc) is 2.68. The fourth-order valence-corrected chi connectivity index (χ4v) is 2.82. The van der Waals surface area contributed by atoms with Crippen LogP contribution in [0.5, 0.6) is 0 Å². The van der Waals surface area contributed by atoms with Crippen molar-refractivity contribution in [3.8, 4) is 0 Å². The molecule has 27 heavy (non-hydrogen) atoms. The summed E-state index contributed by atoms with van der Waals surface area (Å²) in [4.78, 5) is 23.9. The number of ether oxygens (including phenoxy) is 1. The SMILES string of the molecule is CCCNC(=O)N[C@@H]1C=C[C@@H](CC(=O)NCCc2ccccc2)O[C@H]1CO. The van der Waals surface area contributed by atoms with Gasteiger partial charge in [0.05, 0.1) is 25.2 Å². The zero-order chi connectivity index (χ0) is 19.5. The van der Waals surface area contributed by atoms with Gasteiger partial charge in [0, 0.05) is 13.1 Å². The highest BCUT2D eigenvalue weighted by Gasteiger charge is 2.28. The molecule has 0 radical (unpaired) electrons. The first kappa shape index (κ1) is 20.9. The van der Waals surface area contributed by atoms with E-state index < -0.39 is 18.2 Å². The summed E-state index contributed by atoms with van der Waals surface area (Å²) in [5, 5.41) is 17.9. The Morgan fingerprint density at radius 2 is 1.89 bits per heavy atom. The van der Waals surface area contributed by atoms with Crippen LogP contribution in [-0.4, -0.2) is 55.0 Å². The van der Waals surface area contributed by atoms with Crippen LogP contribution in [0.25, 0.3) is 0 Å². The van der Waals surface area contributed by atoms with Crippen molar-refractivity contribution in [1.29, 1.82) is 0 Å². The standard InChI is InChI=1S/C20H29N3O4/c1-2-11-22-20(26)23-17-9-8-16(27-18(17)14-24)13-19(25)21-12-10-15-6-4-3-5-7-15/h3-9,16-18,24H,2,10-14H2,1H3,(H,21,25)(H2,22,23,26)/t16-,17+,18-/m0/s1. The molecule has 0 aromatic heterocycles. The van der Waals surface area contributed by atoms with Gasteiger partial charge in [0.25, 0.3) is 0 Å². The number of hydrogen-bond donors (Lipinski definition) is 4. The van der Waals surface area contributed by atoms with Crippen LogP contribution in [0.1, 0.15) is 25.3 Å². The zero-order valence-corrected chi connectivity index (χ0v) is 15.7. The molecule has 0 saturated heterocycles. The highest BCUT2D eigenvalue weighted by atomic mass is 16.5. The maximum atomic E-state index is 12.1. The molecule has 1 aromatic carbocycles. The number of aliphatic hydroxyl groups is 1. The first-order chi connectivity index (χ1) is 13.1. The van der Waals surface area contributed by atoms with Crippen LogP contribution in [0.4, 0.5) is 4.79 Å². The monoisotopic (exact) mass is 375 g/mol. The molecule has 0 fully saturated rings. The minimum atomic E-state index is -0.579. The van der Waals surface area contributed by atoms with Crippen LogP contribution >= 0.6 is 0 Å². The Labute approximate surface area is 160 Å².